The van der Waals surface area contributed by atoms with Crippen LogP contribution < -0.4 is 0 Å². The van der Waals surface area contributed by atoms with Crippen LogP contribution in [0.5, 0.6) is 0 Å². The highest BCUT2D eigenvalue weighted by Gasteiger charge is 2.21. The molecule has 3 nitrogen and oxygen atoms in total. The minimum absolute atomic E-state index is 0.154. The molecule has 82 valence electrons. The predicted molar refractivity (Wildman–Crippen MR) is 58.7 cm³/mol. The Morgan fingerprint density at radius 3 is 2.67 bits per heavy atom. The lowest BCUT2D eigenvalue weighted by atomic mass is 9.87. The van der Waals surface area contributed by atoms with Gasteiger partial charge in [0.1, 0.15) is 0 Å². The third kappa shape index (κ3) is 2.53. The van der Waals surface area contributed by atoms with Crippen LogP contribution in [0.2, 0.25) is 0 Å². The Bertz CT molecular complexity index is 340. The molecule has 1 aromatic heterocycles. The van der Waals surface area contributed by atoms with E-state index in [0.717, 1.165) is 25.3 Å². The van der Waals surface area contributed by atoms with Gasteiger partial charge >= 0.3 is 0 Å². The smallest absolute Gasteiger partial charge is 0.0638 e. The van der Waals surface area contributed by atoms with Gasteiger partial charge in [0, 0.05) is 5.92 Å². The molecule has 1 aromatic rings. The molecule has 1 aliphatic rings. The first-order valence-corrected chi connectivity index (χ1v) is 5.45. The molecule has 1 aliphatic heterocycles. The second-order valence-electron chi connectivity index (χ2n) is 5.29. The van der Waals surface area contributed by atoms with E-state index in [1.54, 1.807) is 0 Å². The summed E-state index contributed by atoms with van der Waals surface area (Å²) in [7, 11) is 0. The van der Waals surface area contributed by atoms with Crippen molar-refractivity contribution >= 4 is 0 Å². The monoisotopic (exact) mass is 206 g/mol. The lowest BCUT2D eigenvalue weighted by Gasteiger charge is -2.26. The van der Waals surface area contributed by atoms with Crippen LogP contribution in [-0.4, -0.2) is 23.4 Å². The molecule has 1 saturated heterocycles. The minimum Gasteiger partial charge on any atom is -0.381 e. The first-order chi connectivity index (χ1) is 7.05. The van der Waals surface area contributed by atoms with Crippen molar-refractivity contribution in [3.8, 4) is 0 Å². The normalized spacial score (nSPS) is 17.5. The summed E-state index contributed by atoms with van der Waals surface area (Å²) in [5.41, 5.74) is 2.50. The van der Waals surface area contributed by atoms with Gasteiger partial charge in [-0.25, -0.2) is 0 Å². The molecule has 0 spiro atoms. The number of aromatic nitrogens is 2. The molecule has 0 atom stereocenters. The Hall–Kier alpha value is -0.960. The lowest BCUT2D eigenvalue weighted by Crippen LogP contribution is -2.29. The van der Waals surface area contributed by atoms with Crippen molar-refractivity contribution in [3.63, 3.8) is 0 Å². The van der Waals surface area contributed by atoms with Crippen molar-refractivity contribution in [2.45, 2.75) is 32.6 Å². The van der Waals surface area contributed by atoms with Crippen LogP contribution in [0.25, 0.3) is 0 Å². The molecule has 0 amide bonds. The van der Waals surface area contributed by atoms with Gasteiger partial charge in [-0.15, -0.1) is 0 Å². The topological polar surface area (TPSA) is 35.0 Å². The van der Waals surface area contributed by atoms with Gasteiger partial charge in [-0.1, -0.05) is 20.8 Å². The number of hydrogen-bond acceptors (Lipinski definition) is 3. The first kappa shape index (κ1) is 10.6. The van der Waals surface area contributed by atoms with Crippen molar-refractivity contribution < 1.29 is 4.74 Å². The molecule has 0 aliphatic carbocycles. The number of nitrogens with zero attached hydrogens (tertiary/aromatic N) is 2. The van der Waals surface area contributed by atoms with Gasteiger partial charge in [0.05, 0.1) is 25.1 Å². The van der Waals surface area contributed by atoms with Crippen molar-refractivity contribution in [2.75, 3.05) is 13.2 Å². The van der Waals surface area contributed by atoms with E-state index < -0.39 is 0 Å². The Labute approximate surface area is 90.9 Å². The highest BCUT2D eigenvalue weighted by atomic mass is 16.5. The SMILES string of the molecule is CC(C)(C)c1cnnc(CC2COC2)c1. The molecule has 0 N–H and O–H groups in total. The first-order valence-electron chi connectivity index (χ1n) is 5.45. The molecule has 2 heterocycles. The van der Waals surface area contributed by atoms with Crippen LogP contribution in [0, 0.1) is 5.92 Å². The molecule has 0 saturated carbocycles. The van der Waals surface area contributed by atoms with Crippen molar-refractivity contribution in [3.05, 3.63) is 23.5 Å². The molecular weight excluding hydrogens is 188 g/mol. The van der Waals surface area contributed by atoms with E-state index in [1.165, 1.54) is 5.56 Å². The quantitative estimate of drug-likeness (QED) is 0.742. The maximum atomic E-state index is 5.16. The molecule has 0 radical (unpaired) electrons. The van der Waals surface area contributed by atoms with E-state index in [2.05, 4.69) is 37.0 Å². The Morgan fingerprint density at radius 1 is 1.40 bits per heavy atom. The van der Waals surface area contributed by atoms with Crippen LogP contribution in [0.1, 0.15) is 32.0 Å². The van der Waals surface area contributed by atoms with Gasteiger partial charge in [0.15, 0.2) is 0 Å². The molecule has 2 rings (SSSR count). The molecule has 3 heteroatoms. The van der Waals surface area contributed by atoms with Crippen molar-refractivity contribution in [1.29, 1.82) is 0 Å². The predicted octanol–water partition coefficient (Wildman–Crippen LogP) is 1.96. The number of rotatable bonds is 2. The molecule has 15 heavy (non-hydrogen) atoms. The second kappa shape index (κ2) is 3.89. The van der Waals surface area contributed by atoms with E-state index >= 15 is 0 Å². The van der Waals surface area contributed by atoms with Gasteiger partial charge in [-0.05, 0) is 23.5 Å². The van der Waals surface area contributed by atoms with Gasteiger partial charge in [-0.2, -0.15) is 10.2 Å². The zero-order valence-corrected chi connectivity index (χ0v) is 9.66. The van der Waals surface area contributed by atoms with Crippen LogP contribution in [0.4, 0.5) is 0 Å². The highest BCUT2D eigenvalue weighted by molar-refractivity contribution is 5.20. The van der Waals surface area contributed by atoms with Crippen LogP contribution in [0.15, 0.2) is 12.3 Å². The summed E-state index contributed by atoms with van der Waals surface area (Å²) in [4.78, 5) is 0. The third-order valence-electron chi connectivity index (χ3n) is 2.78. The molecular formula is C12H18N2O. The fraction of sp³-hybridized carbons (Fsp3) is 0.667. The molecule has 0 unspecified atom stereocenters. The molecule has 1 fully saturated rings. The lowest BCUT2D eigenvalue weighted by molar-refractivity contribution is -0.0317. The van der Waals surface area contributed by atoms with Gasteiger partial charge in [0.25, 0.3) is 0 Å². The average molecular weight is 206 g/mol. The third-order valence-corrected chi connectivity index (χ3v) is 2.78. The Morgan fingerprint density at radius 2 is 2.13 bits per heavy atom. The maximum Gasteiger partial charge on any atom is 0.0638 e. The van der Waals surface area contributed by atoms with Gasteiger partial charge in [-0.3, -0.25) is 0 Å². The van der Waals surface area contributed by atoms with Crippen molar-refractivity contribution in [1.82, 2.24) is 10.2 Å². The van der Waals surface area contributed by atoms with Crippen LogP contribution >= 0.6 is 0 Å². The van der Waals surface area contributed by atoms with Crippen LogP contribution in [0.3, 0.4) is 0 Å². The summed E-state index contributed by atoms with van der Waals surface area (Å²) in [5.74, 6) is 0.648. The van der Waals surface area contributed by atoms with E-state index in [-0.39, 0.29) is 5.41 Å². The van der Waals surface area contributed by atoms with Crippen molar-refractivity contribution in [2.24, 2.45) is 5.92 Å². The van der Waals surface area contributed by atoms with Crippen LogP contribution in [-0.2, 0) is 16.6 Å². The Balaban J connectivity index is 2.11. The average Bonchev–Trinajstić information content (AvgIpc) is 2.11. The maximum absolute atomic E-state index is 5.16. The highest BCUT2D eigenvalue weighted by Crippen LogP contribution is 2.23. The second-order valence-corrected chi connectivity index (χ2v) is 5.29. The summed E-state index contributed by atoms with van der Waals surface area (Å²) in [5, 5.41) is 8.24. The summed E-state index contributed by atoms with van der Waals surface area (Å²) >= 11 is 0. The molecule has 0 bridgehead atoms. The summed E-state index contributed by atoms with van der Waals surface area (Å²) in [6, 6.07) is 2.17. The van der Waals surface area contributed by atoms with E-state index in [1.807, 2.05) is 6.20 Å². The largest absolute Gasteiger partial charge is 0.381 e. The summed E-state index contributed by atoms with van der Waals surface area (Å²) in [6.45, 7) is 8.34. The van der Waals surface area contributed by atoms with E-state index in [0.29, 0.717) is 5.92 Å². The fourth-order valence-electron chi connectivity index (χ4n) is 1.62. The summed E-state index contributed by atoms with van der Waals surface area (Å²) in [6.07, 6.45) is 2.86. The van der Waals surface area contributed by atoms with Gasteiger partial charge in [0.2, 0.25) is 0 Å². The zero-order valence-electron chi connectivity index (χ0n) is 9.66. The number of ether oxygens (including phenoxy) is 1. The standard InChI is InChI=1S/C12H18N2O/c1-12(2,3)10-5-11(14-13-6-10)4-9-7-15-8-9/h5-6,9H,4,7-8H2,1-3H3. The van der Waals surface area contributed by atoms with E-state index in [4.69, 9.17) is 4.74 Å². The number of hydrogen-bond donors (Lipinski definition) is 0. The van der Waals surface area contributed by atoms with E-state index in [9.17, 15) is 0 Å². The molecule has 0 aromatic carbocycles. The Kier molecular flexibility index (Phi) is 2.74. The minimum atomic E-state index is 0.154. The zero-order chi connectivity index (χ0) is 10.9. The fourth-order valence-corrected chi connectivity index (χ4v) is 1.62. The van der Waals surface area contributed by atoms with Gasteiger partial charge < -0.3 is 4.74 Å². The summed E-state index contributed by atoms with van der Waals surface area (Å²) < 4.78 is 5.16.